The molecular formula is C21H29IN4O2. The average molecular weight is 496 g/mol. The smallest absolute Gasteiger partial charge is 0.251 e. The van der Waals surface area contributed by atoms with Crippen molar-refractivity contribution < 1.29 is 9.53 Å². The summed E-state index contributed by atoms with van der Waals surface area (Å²) in [6, 6.07) is 17.3. The number of carbonyl (C=O) groups is 1. The SMILES string of the molecule is CCNC(=NCc1cccc(C(=O)NC)c1)N(C)CCOc1ccccc1.I. The molecule has 0 aliphatic carbocycles. The Morgan fingerprint density at radius 1 is 1.14 bits per heavy atom. The second-order valence-electron chi connectivity index (χ2n) is 6.03. The van der Waals surface area contributed by atoms with Gasteiger partial charge in [-0.1, -0.05) is 30.3 Å². The molecule has 6 nitrogen and oxygen atoms in total. The van der Waals surface area contributed by atoms with E-state index in [1.54, 1.807) is 13.1 Å². The molecule has 1 amide bonds. The van der Waals surface area contributed by atoms with Gasteiger partial charge in [0.05, 0.1) is 13.1 Å². The van der Waals surface area contributed by atoms with E-state index in [1.807, 2.05) is 67.4 Å². The number of aliphatic imine (C=N–C) groups is 1. The van der Waals surface area contributed by atoms with Crippen molar-refractivity contribution in [3.05, 3.63) is 65.7 Å². The van der Waals surface area contributed by atoms with E-state index in [2.05, 4.69) is 15.6 Å². The molecule has 0 aromatic heterocycles. The van der Waals surface area contributed by atoms with Gasteiger partial charge in [0.1, 0.15) is 12.4 Å². The van der Waals surface area contributed by atoms with Gasteiger partial charge in [-0.25, -0.2) is 4.99 Å². The van der Waals surface area contributed by atoms with Crippen LogP contribution in [0.25, 0.3) is 0 Å². The van der Waals surface area contributed by atoms with Crippen LogP contribution < -0.4 is 15.4 Å². The Morgan fingerprint density at radius 3 is 2.57 bits per heavy atom. The quantitative estimate of drug-likeness (QED) is 0.335. The molecule has 2 aromatic rings. The third-order valence-corrected chi connectivity index (χ3v) is 3.96. The lowest BCUT2D eigenvalue weighted by molar-refractivity contribution is 0.0963. The maximum atomic E-state index is 11.8. The van der Waals surface area contributed by atoms with E-state index in [-0.39, 0.29) is 29.9 Å². The standard InChI is InChI=1S/C21H28N4O2.HI/c1-4-23-21(25(3)13-14-27-19-11-6-5-7-12-19)24-16-17-9-8-10-18(15-17)20(26)22-2;/h5-12,15H,4,13-14,16H2,1-3H3,(H,22,26)(H,23,24);1H. The molecule has 0 radical (unpaired) electrons. The predicted molar refractivity (Wildman–Crippen MR) is 125 cm³/mol. The highest BCUT2D eigenvalue weighted by Gasteiger charge is 2.07. The van der Waals surface area contributed by atoms with Crippen molar-refractivity contribution in [3.8, 4) is 5.75 Å². The molecular weight excluding hydrogens is 467 g/mol. The maximum absolute atomic E-state index is 11.8. The van der Waals surface area contributed by atoms with E-state index in [4.69, 9.17) is 4.74 Å². The number of likely N-dealkylation sites (N-methyl/N-ethyl adjacent to an activating group) is 1. The van der Waals surface area contributed by atoms with Gasteiger partial charge >= 0.3 is 0 Å². The van der Waals surface area contributed by atoms with Crippen LogP contribution in [0.4, 0.5) is 0 Å². The Balaban J connectivity index is 0.00000392. The first-order valence-electron chi connectivity index (χ1n) is 9.12. The number of benzene rings is 2. The molecule has 7 heteroatoms. The minimum absolute atomic E-state index is 0. The van der Waals surface area contributed by atoms with Crippen molar-refractivity contribution in [1.29, 1.82) is 0 Å². The largest absolute Gasteiger partial charge is 0.492 e. The monoisotopic (exact) mass is 496 g/mol. The third-order valence-electron chi connectivity index (χ3n) is 3.96. The zero-order valence-electron chi connectivity index (χ0n) is 16.6. The van der Waals surface area contributed by atoms with Crippen molar-refractivity contribution in [2.45, 2.75) is 13.5 Å². The van der Waals surface area contributed by atoms with Crippen LogP contribution in [0.2, 0.25) is 0 Å². The number of rotatable bonds is 8. The van der Waals surface area contributed by atoms with Crippen LogP contribution in [0.15, 0.2) is 59.6 Å². The van der Waals surface area contributed by atoms with Gasteiger partial charge < -0.3 is 20.3 Å². The maximum Gasteiger partial charge on any atom is 0.251 e. The lowest BCUT2D eigenvalue weighted by Gasteiger charge is -2.22. The van der Waals surface area contributed by atoms with Gasteiger partial charge in [0.15, 0.2) is 5.96 Å². The first-order chi connectivity index (χ1) is 13.1. The topological polar surface area (TPSA) is 66.0 Å². The highest BCUT2D eigenvalue weighted by atomic mass is 127. The second-order valence-corrected chi connectivity index (χ2v) is 6.03. The summed E-state index contributed by atoms with van der Waals surface area (Å²) in [6.45, 7) is 4.59. The number of nitrogens with zero attached hydrogens (tertiary/aromatic N) is 2. The number of guanidine groups is 1. The van der Waals surface area contributed by atoms with E-state index in [0.717, 1.165) is 23.8 Å². The fourth-order valence-corrected chi connectivity index (χ4v) is 2.51. The summed E-state index contributed by atoms with van der Waals surface area (Å²) in [7, 11) is 3.61. The van der Waals surface area contributed by atoms with Crippen LogP contribution in [0.5, 0.6) is 5.75 Å². The lowest BCUT2D eigenvalue weighted by Crippen LogP contribution is -2.40. The van der Waals surface area contributed by atoms with Crippen molar-refractivity contribution in [2.24, 2.45) is 4.99 Å². The predicted octanol–water partition coefficient (Wildman–Crippen LogP) is 3.14. The highest BCUT2D eigenvalue weighted by molar-refractivity contribution is 14.0. The van der Waals surface area contributed by atoms with Crippen LogP contribution >= 0.6 is 24.0 Å². The molecule has 2 N–H and O–H groups in total. The van der Waals surface area contributed by atoms with Crippen LogP contribution in [-0.4, -0.2) is 50.6 Å². The van der Waals surface area contributed by atoms with Crippen molar-refractivity contribution in [2.75, 3.05) is 33.8 Å². The summed E-state index contributed by atoms with van der Waals surface area (Å²) in [5, 5.41) is 5.93. The summed E-state index contributed by atoms with van der Waals surface area (Å²) >= 11 is 0. The summed E-state index contributed by atoms with van der Waals surface area (Å²) in [5.74, 6) is 1.57. The van der Waals surface area contributed by atoms with Gasteiger partial charge in [-0.3, -0.25) is 4.79 Å². The molecule has 2 rings (SSSR count). The number of carbonyl (C=O) groups excluding carboxylic acids is 1. The zero-order chi connectivity index (χ0) is 19.5. The Labute approximate surface area is 184 Å². The molecule has 0 saturated heterocycles. The normalized spacial score (nSPS) is 10.6. The molecule has 2 aromatic carbocycles. The minimum atomic E-state index is -0.0945. The summed E-state index contributed by atoms with van der Waals surface area (Å²) in [4.78, 5) is 18.5. The first-order valence-corrected chi connectivity index (χ1v) is 9.12. The molecule has 0 heterocycles. The van der Waals surface area contributed by atoms with Gasteiger partial charge in [0, 0.05) is 26.2 Å². The average Bonchev–Trinajstić information content (AvgIpc) is 2.71. The molecule has 0 atom stereocenters. The Morgan fingerprint density at radius 2 is 1.89 bits per heavy atom. The summed E-state index contributed by atoms with van der Waals surface area (Å²) < 4.78 is 5.75. The fourth-order valence-electron chi connectivity index (χ4n) is 2.51. The van der Waals surface area contributed by atoms with E-state index in [0.29, 0.717) is 25.3 Å². The molecule has 0 bridgehead atoms. The molecule has 0 aliphatic rings. The number of nitrogens with one attached hydrogen (secondary N) is 2. The van der Waals surface area contributed by atoms with Crippen LogP contribution in [0.3, 0.4) is 0 Å². The Bertz CT molecular complexity index is 753. The lowest BCUT2D eigenvalue weighted by atomic mass is 10.1. The highest BCUT2D eigenvalue weighted by Crippen LogP contribution is 2.09. The number of hydrogen-bond donors (Lipinski definition) is 2. The fraction of sp³-hybridized carbons (Fsp3) is 0.333. The Hall–Kier alpha value is -2.29. The van der Waals surface area contributed by atoms with E-state index in [1.165, 1.54) is 0 Å². The van der Waals surface area contributed by atoms with Gasteiger partial charge in [0.25, 0.3) is 5.91 Å². The molecule has 0 spiro atoms. The van der Waals surface area contributed by atoms with Gasteiger partial charge in [-0.2, -0.15) is 0 Å². The molecule has 0 saturated carbocycles. The van der Waals surface area contributed by atoms with Crippen molar-refractivity contribution in [3.63, 3.8) is 0 Å². The van der Waals surface area contributed by atoms with Gasteiger partial charge in [-0.05, 0) is 36.8 Å². The number of halogens is 1. The number of amides is 1. The van der Waals surface area contributed by atoms with Crippen LogP contribution in [-0.2, 0) is 6.54 Å². The molecule has 0 aliphatic heterocycles. The summed E-state index contributed by atoms with van der Waals surface area (Å²) in [6.07, 6.45) is 0. The molecule has 28 heavy (non-hydrogen) atoms. The number of hydrogen-bond acceptors (Lipinski definition) is 3. The van der Waals surface area contributed by atoms with Crippen molar-refractivity contribution in [1.82, 2.24) is 15.5 Å². The molecule has 152 valence electrons. The number of para-hydroxylation sites is 1. The van der Waals surface area contributed by atoms with E-state index < -0.39 is 0 Å². The number of ether oxygens (including phenoxy) is 1. The minimum Gasteiger partial charge on any atom is -0.492 e. The zero-order valence-corrected chi connectivity index (χ0v) is 19.0. The first kappa shape index (κ1) is 23.7. The third kappa shape index (κ3) is 7.75. The summed E-state index contributed by atoms with van der Waals surface area (Å²) in [5.41, 5.74) is 1.63. The van der Waals surface area contributed by atoms with Gasteiger partial charge in [0.2, 0.25) is 0 Å². The molecule has 0 unspecified atom stereocenters. The van der Waals surface area contributed by atoms with E-state index in [9.17, 15) is 4.79 Å². The van der Waals surface area contributed by atoms with E-state index >= 15 is 0 Å². The molecule has 0 fully saturated rings. The second kappa shape index (κ2) is 13.0. The van der Waals surface area contributed by atoms with Crippen LogP contribution in [0.1, 0.15) is 22.8 Å². The van der Waals surface area contributed by atoms with Crippen molar-refractivity contribution >= 4 is 35.8 Å². The van der Waals surface area contributed by atoms with Crippen LogP contribution in [0, 0.1) is 0 Å². The van der Waals surface area contributed by atoms with Gasteiger partial charge in [-0.15, -0.1) is 24.0 Å². The Kier molecular flexibility index (Phi) is 11.0.